The molecule has 0 fully saturated rings. The molecule has 176 valence electrons. The number of rotatable bonds is 9. The Balaban J connectivity index is 1.77. The van der Waals surface area contributed by atoms with Gasteiger partial charge in [-0.3, -0.25) is 9.59 Å². The number of aromatic nitrogens is 1. The quantitative estimate of drug-likeness (QED) is 0.427. The highest BCUT2D eigenvalue weighted by atomic mass is 32.2. The summed E-state index contributed by atoms with van der Waals surface area (Å²) in [7, 11) is -0.713. The molecule has 3 rings (SSSR count). The fraction of sp³-hybridized carbons (Fsp3) is 0.348. The maximum absolute atomic E-state index is 12.5. The summed E-state index contributed by atoms with van der Waals surface area (Å²) in [5.74, 6) is -0.498. The SMILES string of the molecule is CCc1ccc2c(c1)sc(=NC(=O)CCCS(=O)(=O)c1ccc(OC)cc1)n2CC(=O)OC. The van der Waals surface area contributed by atoms with Gasteiger partial charge in [0, 0.05) is 6.42 Å². The van der Waals surface area contributed by atoms with Crippen molar-refractivity contribution in [3.8, 4) is 5.75 Å². The predicted molar refractivity (Wildman–Crippen MR) is 126 cm³/mol. The molecule has 3 aromatic rings. The van der Waals surface area contributed by atoms with Crippen LogP contribution < -0.4 is 9.54 Å². The summed E-state index contributed by atoms with van der Waals surface area (Å²) in [6, 6.07) is 12.0. The largest absolute Gasteiger partial charge is 0.497 e. The number of amides is 1. The molecule has 10 heteroatoms. The number of hydrogen-bond donors (Lipinski definition) is 0. The summed E-state index contributed by atoms with van der Waals surface area (Å²) in [4.78, 5) is 29.2. The zero-order valence-corrected chi connectivity index (χ0v) is 20.4. The van der Waals surface area contributed by atoms with E-state index in [2.05, 4.69) is 4.99 Å². The number of carbonyl (C=O) groups excluding carboxylic acids is 2. The first kappa shape index (κ1) is 24.7. The van der Waals surface area contributed by atoms with Crippen molar-refractivity contribution in [2.45, 2.75) is 37.6 Å². The molecule has 0 aliphatic carbocycles. The van der Waals surface area contributed by atoms with Gasteiger partial charge in [-0.05, 0) is 54.8 Å². The van der Waals surface area contributed by atoms with Gasteiger partial charge in [-0.2, -0.15) is 4.99 Å². The minimum atomic E-state index is -3.52. The van der Waals surface area contributed by atoms with E-state index in [9.17, 15) is 18.0 Å². The van der Waals surface area contributed by atoms with E-state index in [0.29, 0.717) is 10.6 Å². The van der Waals surface area contributed by atoms with Crippen LogP contribution in [0.1, 0.15) is 25.3 Å². The second-order valence-corrected chi connectivity index (χ2v) is 10.4. The minimum Gasteiger partial charge on any atom is -0.497 e. The van der Waals surface area contributed by atoms with Gasteiger partial charge in [0.25, 0.3) is 0 Å². The van der Waals surface area contributed by atoms with Gasteiger partial charge in [-0.15, -0.1) is 0 Å². The fourth-order valence-electron chi connectivity index (χ4n) is 3.25. The number of sulfone groups is 1. The molecule has 0 saturated heterocycles. The lowest BCUT2D eigenvalue weighted by Gasteiger charge is -2.05. The second-order valence-electron chi connectivity index (χ2n) is 7.31. The van der Waals surface area contributed by atoms with E-state index in [1.54, 1.807) is 16.7 Å². The number of hydrogen-bond acceptors (Lipinski definition) is 7. The van der Waals surface area contributed by atoms with Gasteiger partial charge in [0.05, 0.1) is 35.1 Å². The van der Waals surface area contributed by atoms with Crippen molar-refractivity contribution in [3.63, 3.8) is 0 Å². The molecule has 0 spiro atoms. The summed E-state index contributed by atoms with van der Waals surface area (Å²) in [6.07, 6.45) is 0.972. The van der Waals surface area contributed by atoms with E-state index < -0.39 is 21.7 Å². The Morgan fingerprint density at radius 3 is 2.45 bits per heavy atom. The van der Waals surface area contributed by atoms with E-state index in [1.807, 2.05) is 25.1 Å². The maximum atomic E-state index is 12.5. The summed E-state index contributed by atoms with van der Waals surface area (Å²) >= 11 is 1.31. The first-order valence-electron chi connectivity index (χ1n) is 10.4. The van der Waals surface area contributed by atoms with Gasteiger partial charge in [0.2, 0.25) is 5.91 Å². The molecular formula is C23H26N2O6S2. The Labute approximate surface area is 196 Å². The molecule has 33 heavy (non-hydrogen) atoms. The number of methoxy groups -OCH3 is 2. The van der Waals surface area contributed by atoms with Crippen molar-refractivity contribution < 1.29 is 27.5 Å². The first-order valence-corrected chi connectivity index (χ1v) is 12.9. The predicted octanol–water partition coefficient (Wildman–Crippen LogP) is 3.13. The van der Waals surface area contributed by atoms with Gasteiger partial charge in [0.1, 0.15) is 12.3 Å². The number of fused-ring (bicyclic) bond motifs is 1. The van der Waals surface area contributed by atoms with E-state index in [4.69, 9.17) is 9.47 Å². The third-order valence-electron chi connectivity index (χ3n) is 5.11. The van der Waals surface area contributed by atoms with Gasteiger partial charge in [-0.25, -0.2) is 8.42 Å². The fourth-order valence-corrected chi connectivity index (χ4v) is 5.67. The molecule has 8 nitrogen and oxygen atoms in total. The minimum absolute atomic E-state index is 0.0257. The van der Waals surface area contributed by atoms with E-state index in [-0.39, 0.29) is 30.0 Å². The van der Waals surface area contributed by atoms with Crippen LogP contribution in [0.4, 0.5) is 0 Å². The summed E-state index contributed by atoms with van der Waals surface area (Å²) in [6.45, 7) is 1.98. The third-order valence-corrected chi connectivity index (χ3v) is 7.97. The monoisotopic (exact) mass is 490 g/mol. The van der Waals surface area contributed by atoms with E-state index >= 15 is 0 Å². The zero-order valence-electron chi connectivity index (χ0n) is 18.7. The molecular weight excluding hydrogens is 464 g/mol. The standard InChI is InChI=1S/C23H26N2O6S2/c1-4-16-7-12-19-20(14-16)32-23(25(19)15-22(27)31-3)24-21(26)6-5-13-33(28,29)18-10-8-17(30-2)9-11-18/h7-12,14H,4-6,13,15H2,1-3H3. The number of thiazole rings is 1. The number of esters is 1. The highest BCUT2D eigenvalue weighted by Gasteiger charge is 2.16. The summed E-state index contributed by atoms with van der Waals surface area (Å²) in [5, 5.41) is 0. The van der Waals surface area contributed by atoms with Crippen LogP contribution in [0.2, 0.25) is 0 Å². The molecule has 0 radical (unpaired) electrons. The first-order chi connectivity index (χ1) is 15.8. The van der Waals surface area contributed by atoms with Crippen LogP contribution in [-0.4, -0.2) is 44.8 Å². The van der Waals surface area contributed by atoms with Gasteiger partial charge >= 0.3 is 5.97 Å². The summed E-state index contributed by atoms with van der Waals surface area (Å²) < 4.78 is 37.4. The molecule has 0 saturated carbocycles. The Bertz CT molecular complexity index is 1320. The Morgan fingerprint density at radius 2 is 1.82 bits per heavy atom. The van der Waals surface area contributed by atoms with Crippen LogP contribution in [0, 0.1) is 0 Å². The Hall–Kier alpha value is -2.98. The second kappa shape index (κ2) is 10.8. The number of carbonyl (C=O) groups is 2. The topological polar surface area (TPSA) is 104 Å². The summed E-state index contributed by atoms with van der Waals surface area (Å²) in [5.41, 5.74) is 1.92. The van der Waals surface area contributed by atoms with Crippen molar-refractivity contribution >= 4 is 43.3 Å². The molecule has 0 N–H and O–H groups in total. The average Bonchev–Trinajstić information content (AvgIpc) is 3.14. The molecule has 0 aliphatic heterocycles. The van der Waals surface area contributed by atoms with Crippen molar-refractivity contribution in [2.75, 3.05) is 20.0 Å². The van der Waals surface area contributed by atoms with Crippen LogP contribution >= 0.6 is 11.3 Å². The van der Waals surface area contributed by atoms with Crippen LogP contribution in [0.25, 0.3) is 10.2 Å². The van der Waals surface area contributed by atoms with E-state index in [1.165, 1.54) is 37.7 Å². The smallest absolute Gasteiger partial charge is 0.325 e. The molecule has 0 aliphatic rings. The van der Waals surface area contributed by atoms with Gasteiger partial charge in [-0.1, -0.05) is 24.3 Å². The molecule has 0 unspecified atom stereocenters. The molecule has 1 aromatic heterocycles. The van der Waals surface area contributed by atoms with Crippen molar-refractivity contribution in [1.29, 1.82) is 0 Å². The van der Waals surface area contributed by atoms with Crippen molar-refractivity contribution in [2.24, 2.45) is 4.99 Å². The van der Waals surface area contributed by atoms with Gasteiger partial charge in [0.15, 0.2) is 14.6 Å². The van der Waals surface area contributed by atoms with Crippen LogP contribution in [-0.2, 0) is 37.1 Å². The highest BCUT2D eigenvalue weighted by Crippen LogP contribution is 2.20. The van der Waals surface area contributed by atoms with Crippen LogP contribution in [0.15, 0.2) is 52.4 Å². The van der Waals surface area contributed by atoms with Crippen LogP contribution in [0.3, 0.4) is 0 Å². The molecule has 1 heterocycles. The molecule has 1 amide bonds. The maximum Gasteiger partial charge on any atom is 0.325 e. The van der Waals surface area contributed by atoms with Gasteiger partial charge < -0.3 is 14.0 Å². The normalized spacial score (nSPS) is 12.2. The van der Waals surface area contributed by atoms with E-state index in [0.717, 1.165) is 22.2 Å². The molecule has 0 bridgehead atoms. The Kier molecular flexibility index (Phi) is 8.04. The number of aryl methyl sites for hydroxylation is 1. The number of benzene rings is 2. The Morgan fingerprint density at radius 1 is 1.09 bits per heavy atom. The molecule has 2 aromatic carbocycles. The number of nitrogens with zero attached hydrogens (tertiary/aromatic N) is 2. The lowest BCUT2D eigenvalue weighted by Crippen LogP contribution is -2.22. The molecule has 0 atom stereocenters. The third kappa shape index (κ3) is 6.08. The number of ether oxygens (including phenoxy) is 2. The van der Waals surface area contributed by atoms with Crippen LogP contribution in [0.5, 0.6) is 5.75 Å². The zero-order chi connectivity index (χ0) is 24.0. The average molecular weight is 491 g/mol. The van der Waals surface area contributed by atoms with Crippen molar-refractivity contribution in [1.82, 2.24) is 4.57 Å². The van der Waals surface area contributed by atoms with Crippen molar-refractivity contribution in [3.05, 3.63) is 52.8 Å². The lowest BCUT2D eigenvalue weighted by molar-refractivity contribution is -0.141. The lowest BCUT2D eigenvalue weighted by atomic mass is 10.2. The highest BCUT2D eigenvalue weighted by molar-refractivity contribution is 7.91.